The van der Waals surface area contributed by atoms with Gasteiger partial charge in [0, 0.05) is 0 Å². The minimum absolute atomic E-state index is 0.226. The Balaban J connectivity index is 1.82. The number of nitrogens with one attached hydrogen (secondary N) is 1. The number of hydrogen-bond donors (Lipinski definition) is 1. The smallest absolute Gasteiger partial charge is 0.343 e. The third kappa shape index (κ3) is 6.16. The molecule has 0 atom stereocenters. The van der Waals surface area contributed by atoms with Crippen LogP contribution in [0.25, 0.3) is 6.08 Å². The summed E-state index contributed by atoms with van der Waals surface area (Å²) in [6, 6.07) is 10.8. The number of benzene rings is 2. The van der Waals surface area contributed by atoms with Crippen molar-refractivity contribution in [2.24, 2.45) is 4.99 Å². The molecular weight excluding hydrogens is 547 g/mol. The Morgan fingerprint density at radius 1 is 1.19 bits per heavy atom. The van der Waals surface area contributed by atoms with E-state index < -0.39 is 5.97 Å². The highest BCUT2D eigenvalue weighted by Gasteiger charge is 2.24. The summed E-state index contributed by atoms with van der Waals surface area (Å²) in [5, 5.41) is 3.26. The molecule has 2 aromatic rings. The van der Waals surface area contributed by atoms with E-state index in [2.05, 4.69) is 37.6 Å². The van der Waals surface area contributed by atoms with Crippen molar-refractivity contribution in [1.82, 2.24) is 5.32 Å². The van der Waals surface area contributed by atoms with E-state index in [1.165, 1.54) is 18.9 Å². The fourth-order valence-electron chi connectivity index (χ4n) is 2.67. The van der Waals surface area contributed by atoms with Crippen LogP contribution in [0.3, 0.4) is 0 Å². The molecule has 1 amide bonds. The van der Waals surface area contributed by atoms with E-state index in [9.17, 15) is 9.59 Å². The average Bonchev–Trinajstić information content (AvgIpc) is 3.12. The lowest BCUT2D eigenvalue weighted by atomic mass is 10.2. The molecule has 0 aromatic heterocycles. The van der Waals surface area contributed by atoms with Gasteiger partial charge in [0.1, 0.15) is 5.75 Å². The first-order valence-corrected chi connectivity index (χ1v) is 11.4. The molecule has 1 heterocycles. The van der Waals surface area contributed by atoms with Crippen LogP contribution in [0.4, 0.5) is 5.69 Å². The van der Waals surface area contributed by atoms with E-state index in [0.717, 1.165) is 14.9 Å². The highest BCUT2D eigenvalue weighted by molar-refractivity contribution is 14.1. The van der Waals surface area contributed by atoms with Crippen LogP contribution in [0.1, 0.15) is 12.5 Å². The van der Waals surface area contributed by atoms with E-state index in [1.807, 2.05) is 25.1 Å². The fourth-order valence-corrected chi connectivity index (χ4v) is 4.29. The van der Waals surface area contributed by atoms with Crippen LogP contribution in [-0.4, -0.2) is 44.5 Å². The molecule has 2 aromatic carbocycles. The molecule has 1 fully saturated rings. The van der Waals surface area contributed by atoms with Crippen molar-refractivity contribution >= 4 is 63.2 Å². The van der Waals surface area contributed by atoms with Crippen molar-refractivity contribution in [2.75, 3.05) is 27.4 Å². The standard InChI is InChI=1S/C22H21IN2O6S/c1-4-30-17-10-13(9-16(23)20(17)31-12-19(26)29-3)11-18-21(27)25-22(32-18)24-14-5-7-15(28-2)8-6-14/h5-11H,4,12H2,1-3H3,(H,24,25,27)/b18-11+. The van der Waals surface area contributed by atoms with Gasteiger partial charge in [0.25, 0.3) is 5.91 Å². The minimum Gasteiger partial charge on any atom is -0.497 e. The van der Waals surface area contributed by atoms with Gasteiger partial charge in [-0.1, -0.05) is 0 Å². The fraction of sp³-hybridized carbons (Fsp3) is 0.227. The molecule has 1 aliphatic rings. The van der Waals surface area contributed by atoms with Crippen LogP contribution in [0.5, 0.6) is 17.2 Å². The van der Waals surface area contributed by atoms with E-state index in [0.29, 0.717) is 33.9 Å². The lowest BCUT2D eigenvalue weighted by Gasteiger charge is -2.14. The maximum Gasteiger partial charge on any atom is 0.343 e. The number of amidine groups is 1. The summed E-state index contributed by atoms with van der Waals surface area (Å²) in [6.07, 6.45) is 1.76. The average molecular weight is 568 g/mol. The summed E-state index contributed by atoms with van der Waals surface area (Å²) >= 11 is 3.35. The number of halogens is 1. The zero-order chi connectivity index (χ0) is 23.1. The Hall–Kier alpha value is -2.73. The first-order chi connectivity index (χ1) is 15.4. The van der Waals surface area contributed by atoms with Gasteiger partial charge >= 0.3 is 5.97 Å². The topological polar surface area (TPSA) is 95.5 Å². The van der Waals surface area contributed by atoms with Crippen molar-refractivity contribution in [2.45, 2.75) is 6.92 Å². The third-order valence-corrected chi connectivity index (χ3v) is 5.86. The number of carbonyl (C=O) groups is 2. The quantitative estimate of drug-likeness (QED) is 0.291. The number of aliphatic imine (C=N–C) groups is 1. The van der Waals surface area contributed by atoms with Crippen LogP contribution >= 0.6 is 34.4 Å². The maximum atomic E-state index is 12.4. The summed E-state index contributed by atoms with van der Waals surface area (Å²) in [4.78, 5) is 28.8. The number of esters is 1. The molecule has 8 nitrogen and oxygen atoms in total. The zero-order valence-corrected chi connectivity index (χ0v) is 20.6. The molecule has 1 N–H and O–H groups in total. The number of thioether (sulfide) groups is 1. The molecule has 0 aliphatic carbocycles. The van der Waals surface area contributed by atoms with Gasteiger partial charge in [-0.15, -0.1) is 0 Å². The largest absolute Gasteiger partial charge is 0.497 e. The SMILES string of the molecule is CCOc1cc(/C=C2/SC(=Nc3ccc(OC)cc3)NC2=O)cc(I)c1OCC(=O)OC. The molecule has 0 radical (unpaired) electrons. The van der Waals surface area contributed by atoms with Gasteiger partial charge < -0.3 is 24.3 Å². The zero-order valence-electron chi connectivity index (χ0n) is 17.6. The summed E-state index contributed by atoms with van der Waals surface area (Å²) in [5.74, 6) is 0.936. The summed E-state index contributed by atoms with van der Waals surface area (Å²) in [7, 11) is 2.90. The summed E-state index contributed by atoms with van der Waals surface area (Å²) in [5.41, 5.74) is 1.46. The number of rotatable bonds is 8. The molecule has 10 heteroatoms. The Labute approximate surface area is 203 Å². The van der Waals surface area contributed by atoms with Crippen LogP contribution in [0.15, 0.2) is 46.3 Å². The predicted molar refractivity (Wildman–Crippen MR) is 132 cm³/mol. The number of methoxy groups -OCH3 is 2. The van der Waals surface area contributed by atoms with Crippen molar-refractivity contribution in [3.05, 3.63) is 50.4 Å². The van der Waals surface area contributed by atoms with Gasteiger partial charge in [0.2, 0.25) is 0 Å². The van der Waals surface area contributed by atoms with Gasteiger partial charge in [0.15, 0.2) is 23.3 Å². The normalized spacial score (nSPS) is 15.6. The Morgan fingerprint density at radius 2 is 1.94 bits per heavy atom. The highest BCUT2D eigenvalue weighted by atomic mass is 127. The lowest BCUT2D eigenvalue weighted by Crippen LogP contribution is -2.19. The molecule has 3 rings (SSSR count). The van der Waals surface area contributed by atoms with E-state index in [-0.39, 0.29) is 12.5 Å². The number of ether oxygens (including phenoxy) is 4. The Morgan fingerprint density at radius 3 is 2.59 bits per heavy atom. The van der Waals surface area contributed by atoms with E-state index in [1.54, 1.807) is 31.4 Å². The molecular formula is C22H21IN2O6S. The van der Waals surface area contributed by atoms with Gasteiger partial charge in [-0.3, -0.25) is 4.79 Å². The molecule has 168 valence electrons. The maximum absolute atomic E-state index is 12.4. The second-order valence-electron chi connectivity index (χ2n) is 6.31. The summed E-state index contributed by atoms with van der Waals surface area (Å²) < 4.78 is 21.8. The molecule has 0 spiro atoms. The van der Waals surface area contributed by atoms with Gasteiger partial charge in [-0.2, -0.15) is 0 Å². The number of amides is 1. The lowest BCUT2D eigenvalue weighted by molar-refractivity contribution is -0.143. The van der Waals surface area contributed by atoms with Gasteiger partial charge in [-0.25, -0.2) is 9.79 Å². The molecule has 0 bridgehead atoms. The van der Waals surface area contributed by atoms with Gasteiger partial charge in [0.05, 0.1) is 35.0 Å². The predicted octanol–water partition coefficient (Wildman–Crippen LogP) is 4.14. The molecule has 0 saturated carbocycles. The number of nitrogens with zero attached hydrogens (tertiary/aromatic N) is 1. The monoisotopic (exact) mass is 568 g/mol. The molecule has 0 unspecified atom stereocenters. The first kappa shape index (κ1) is 23.9. The summed E-state index contributed by atoms with van der Waals surface area (Å²) in [6.45, 7) is 2.04. The Bertz CT molecular complexity index is 1070. The van der Waals surface area contributed by atoms with Crippen LogP contribution in [0, 0.1) is 3.57 Å². The van der Waals surface area contributed by atoms with Crippen molar-refractivity contribution in [3.8, 4) is 17.2 Å². The first-order valence-electron chi connectivity index (χ1n) is 9.53. The second-order valence-corrected chi connectivity index (χ2v) is 8.50. The van der Waals surface area contributed by atoms with Crippen molar-refractivity contribution < 1.29 is 28.5 Å². The number of carbonyl (C=O) groups excluding carboxylic acids is 2. The van der Waals surface area contributed by atoms with Crippen molar-refractivity contribution in [3.63, 3.8) is 0 Å². The van der Waals surface area contributed by atoms with Crippen molar-refractivity contribution in [1.29, 1.82) is 0 Å². The number of hydrogen-bond acceptors (Lipinski definition) is 8. The Kier molecular flexibility index (Phi) is 8.39. The van der Waals surface area contributed by atoms with E-state index in [4.69, 9.17) is 14.2 Å². The van der Waals surface area contributed by atoms with Crippen LogP contribution in [0.2, 0.25) is 0 Å². The van der Waals surface area contributed by atoms with Crippen LogP contribution < -0.4 is 19.5 Å². The minimum atomic E-state index is -0.489. The third-order valence-electron chi connectivity index (χ3n) is 4.15. The molecule has 32 heavy (non-hydrogen) atoms. The molecule has 1 aliphatic heterocycles. The molecule has 1 saturated heterocycles. The second kappa shape index (κ2) is 11.2. The van der Waals surface area contributed by atoms with E-state index >= 15 is 0 Å². The highest BCUT2D eigenvalue weighted by Crippen LogP contribution is 2.36. The van der Waals surface area contributed by atoms with Crippen LogP contribution in [-0.2, 0) is 14.3 Å². The van der Waals surface area contributed by atoms with Gasteiger partial charge in [-0.05, 0) is 89.3 Å².